The number of aromatic nitrogens is 1. The predicted octanol–water partition coefficient (Wildman–Crippen LogP) is 4.66. The average Bonchev–Trinajstić information content (AvgIpc) is 3.07. The molecule has 0 amide bonds. The van der Waals surface area contributed by atoms with E-state index in [0.29, 0.717) is 12.5 Å². The lowest BCUT2D eigenvalue weighted by molar-refractivity contribution is -0.149. The summed E-state index contributed by atoms with van der Waals surface area (Å²) in [4.78, 5) is 16.6. The zero-order valence-electron chi connectivity index (χ0n) is 14.1. The van der Waals surface area contributed by atoms with Gasteiger partial charge in [0.15, 0.2) is 0 Å². The number of ether oxygens (including phenoxy) is 1. The van der Waals surface area contributed by atoms with Gasteiger partial charge < -0.3 is 9.84 Å². The molecule has 0 bridgehead atoms. The van der Waals surface area contributed by atoms with Crippen LogP contribution >= 0.6 is 11.3 Å². The van der Waals surface area contributed by atoms with E-state index in [-0.39, 0.29) is 17.6 Å². The zero-order chi connectivity index (χ0) is 17.1. The van der Waals surface area contributed by atoms with Crippen LogP contribution in [0.25, 0.3) is 11.3 Å². The van der Waals surface area contributed by atoms with Crippen LogP contribution in [0, 0.1) is 12.8 Å². The number of hydrogen-bond acceptors (Lipinski definition) is 5. The molecule has 0 atom stereocenters. The monoisotopic (exact) mass is 345 g/mol. The number of carbonyl (C=O) groups excluding carboxylic acids is 1. The number of benzene rings is 1. The Balaban J connectivity index is 1.69. The number of hydrogen-bond donors (Lipinski definition) is 1. The summed E-state index contributed by atoms with van der Waals surface area (Å²) in [5.74, 6) is 0.659. The maximum atomic E-state index is 11.8. The summed E-state index contributed by atoms with van der Waals surface area (Å²) in [7, 11) is 0. The second kappa shape index (κ2) is 7.34. The van der Waals surface area contributed by atoms with Crippen molar-refractivity contribution in [2.24, 2.45) is 5.92 Å². The SMILES string of the molecule is CCOC(=O)C1CCC(c2nc(-c3cc(C)ccc3O)cs2)CC1. The van der Waals surface area contributed by atoms with Crippen molar-refractivity contribution in [1.29, 1.82) is 0 Å². The molecule has 2 aromatic rings. The van der Waals surface area contributed by atoms with Crippen LogP contribution in [0.1, 0.15) is 49.1 Å². The van der Waals surface area contributed by atoms with Gasteiger partial charge in [0.1, 0.15) is 5.75 Å². The molecule has 1 aromatic heterocycles. The Morgan fingerprint density at radius 3 is 2.79 bits per heavy atom. The van der Waals surface area contributed by atoms with Gasteiger partial charge in [0, 0.05) is 16.9 Å². The van der Waals surface area contributed by atoms with Gasteiger partial charge in [0.2, 0.25) is 0 Å². The predicted molar refractivity (Wildman–Crippen MR) is 95.3 cm³/mol. The number of thiazole rings is 1. The highest BCUT2D eigenvalue weighted by Gasteiger charge is 2.29. The van der Waals surface area contributed by atoms with E-state index in [2.05, 4.69) is 0 Å². The van der Waals surface area contributed by atoms with E-state index >= 15 is 0 Å². The highest BCUT2D eigenvalue weighted by Crippen LogP contribution is 2.39. The number of carbonyl (C=O) groups is 1. The van der Waals surface area contributed by atoms with Gasteiger partial charge in [-0.15, -0.1) is 11.3 Å². The van der Waals surface area contributed by atoms with Crippen LogP contribution in [0.15, 0.2) is 23.6 Å². The molecule has 1 fully saturated rings. The van der Waals surface area contributed by atoms with Crippen molar-refractivity contribution in [3.63, 3.8) is 0 Å². The van der Waals surface area contributed by atoms with Gasteiger partial charge in [-0.2, -0.15) is 0 Å². The van der Waals surface area contributed by atoms with Crippen LogP contribution in [-0.2, 0) is 9.53 Å². The third-order valence-corrected chi connectivity index (χ3v) is 5.65. The van der Waals surface area contributed by atoms with Crippen molar-refractivity contribution in [1.82, 2.24) is 4.98 Å². The largest absolute Gasteiger partial charge is 0.507 e. The van der Waals surface area contributed by atoms with Crippen LogP contribution in [0.5, 0.6) is 5.75 Å². The van der Waals surface area contributed by atoms with E-state index in [1.54, 1.807) is 17.4 Å². The molecule has 1 heterocycles. The first kappa shape index (κ1) is 17.0. The molecule has 0 aliphatic heterocycles. The van der Waals surface area contributed by atoms with Crippen molar-refractivity contribution >= 4 is 17.3 Å². The number of phenols is 1. The lowest BCUT2D eigenvalue weighted by atomic mass is 9.82. The standard InChI is InChI=1S/C19H23NO3S/c1-3-23-19(22)14-7-5-13(6-8-14)18-20-16(11-24-18)15-10-12(2)4-9-17(15)21/h4,9-11,13-14,21H,3,5-8H2,1-2H3. The minimum absolute atomic E-state index is 0.0430. The maximum absolute atomic E-state index is 11.8. The van der Waals surface area contributed by atoms with E-state index in [4.69, 9.17) is 9.72 Å². The van der Waals surface area contributed by atoms with Crippen molar-refractivity contribution in [3.05, 3.63) is 34.2 Å². The Bertz CT molecular complexity index is 717. The molecule has 0 spiro atoms. The molecule has 1 aliphatic carbocycles. The van der Waals surface area contributed by atoms with E-state index < -0.39 is 0 Å². The van der Waals surface area contributed by atoms with Gasteiger partial charge >= 0.3 is 5.97 Å². The molecule has 0 radical (unpaired) electrons. The van der Waals surface area contributed by atoms with Gasteiger partial charge in [-0.25, -0.2) is 4.98 Å². The summed E-state index contributed by atoms with van der Waals surface area (Å²) in [5, 5.41) is 13.2. The van der Waals surface area contributed by atoms with E-state index in [0.717, 1.165) is 47.5 Å². The molecule has 24 heavy (non-hydrogen) atoms. The highest BCUT2D eigenvalue weighted by molar-refractivity contribution is 7.10. The summed E-state index contributed by atoms with van der Waals surface area (Å²) in [6.07, 6.45) is 3.68. The van der Waals surface area contributed by atoms with E-state index in [9.17, 15) is 9.90 Å². The van der Waals surface area contributed by atoms with Gasteiger partial charge in [-0.1, -0.05) is 11.6 Å². The molecule has 1 saturated carbocycles. The molecule has 0 saturated heterocycles. The Labute approximate surface area is 146 Å². The Morgan fingerprint density at radius 2 is 2.08 bits per heavy atom. The fraction of sp³-hybridized carbons (Fsp3) is 0.474. The highest BCUT2D eigenvalue weighted by atomic mass is 32.1. The molecule has 4 nitrogen and oxygen atoms in total. The van der Waals surface area contributed by atoms with Crippen LogP contribution in [-0.4, -0.2) is 22.7 Å². The van der Waals surface area contributed by atoms with Crippen LogP contribution in [0.4, 0.5) is 0 Å². The van der Waals surface area contributed by atoms with Gasteiger partial charge in [0.25, 0.3) is 0 Å². The number of aryl methyl sites for hydroxylation is 1. The number of esters is 1. The van der Waals surface area contributed by atoms with Crippen LogP contribution < -0.4 is 0 Å². The summed E-state index contributed by atoms with van der Waals surface area (Å²) < 4.78 is 5.13. The van der Waals surface area contributed by atoms with E-state index in [1.165, 1.54) is 0 Å². The first-order valence-corrected chi connectivity index (χ1v) is 9.38. The van der Waals surface area contributed by atoms with Crippen molar-refractivity contribution in [2.45, 2.75) is 45.4 Å². The number of nitrogens with zero attached hydrogens (tertiary/aromatic N) is 1. The summed E-state index contributed by atoms with van der Waals surface area (Å²) in [6.45, 7) is 4.31. The quantitative estimate of drug-likeness (QED) is 0.819. The normalized spacial score (nSPS) is 20.8. The third kappa shape index (κ3) is 3.61. The van der Waals surface area contributed by atoms with Gasteiger partial charge in [-0.3, -0.25) is 4.79 Å². The second-order valence-corrected chi connectivity index (χ2v) is 7.28. The summed E-state index contributed by atoms with van der Waals surface area (Å²) in [6, 6.07) is 5.57. The molecule has 1 aromatic carbocycles. The molecule has 0 unspecified atom stereocenters. The smallest absolute Gasteiger partial charge is 0.308 e. The molecule has 1 aliphatic rings. The molecular formula is C19H23NO3S. The molecular weight excluding hydrogens is 322 g/mol. The topological polar surface area (TPSA) is 59.4 Å². The second-order valence-electron chi connectivity index (χ2n) is 6.39. The first-order chi connectivity index (χ1) is 11.6. The lowest BCUT2D eigenvalue weighted by Gasteiger charge is -2.25. The zero-order valence-corrected chi connectivity index (χ0v) is 14.9. The minimum Gasteiger partial charge on any atom is -0.507 e. The van der Waals surface area contributed by atoms with Crippen molar-refractivity contribution < 1.29 is 14.6 Å². The third-order valence-electron chi connectivity index (χ3n) is 4.65. The van der Waals surface area contributed by atoms with Gasteiger partial charge in [0.05, 0.1) is 23.2 Å². The number of aromatic hydroxyl groups is 1. The average molecular weight is 345 g/mol. The number of rotatable bonds is 4. The molecule has 3 rings (SSSR count). The molecule has 128 valence electrons. The minimum atomic E-state index is -0.0551. The first-order valence-electron chi connectivity index (χ1n) is 8.50. The van der Waals surface area contributed by atoms with Gasteiger partial charge in [-0.05, 0) is 51.7 Å². The maximum Gasteiger partial charge on any atom is 0.308 e. The Hall–Kier alpha value is -1.88. The van der Waals surface area contributed by atoms with Crippen molar-refractivity contribution in [2.75, 3.05) is 6.61 Å². The Morgan fingerprint density at radius 1 is 1.33 bits per heavy atom. The lowest BCUT2D eigenvalue weighted by Crippen LogP contribution is -2.23. The van der Waals surface area contributed by atoms with Crippen molar-refractivity contribution in [3.8, 4) is 17.0 Å². The van der Waals surface area contributed by atoms with Crippen LogP contribution in [0.3, 0.4) is 0 Å². The molecule has 5 heteroatoms. The fourth-order valence-electron chi connectivity index (χ4n) is 3.29. The molecule has 1 N–H and O–H groups in total. The van der Waals surface area contributed by atoms with Crippen LogP contribution in [0.2, 0.25) is 0 Å². The van der Waals surface area contributed by atoms with E-state index in [1.807, 2.05) is 31.4 Å². The number of phenolic OH excluding ortho intramolecular Hbond substituents is 1. The Kier molecular flexibility index (Phi) is 5.19. The summed E-state index contributed by atoms with van der Waals surface area (Å²) in [5.41, 5.74) is 2.73. The fourth-order valence-corrected chi connectivity index (χ4v) is 4.28. The summed E-state index contributed by atoms with van der Waals surface area (Å²) >= 11 is 1.65.